The molecule has 6 nitrogen and oxygen atoms in total. The normalized spacial score (nSPS) is 10.2. The van der Waals surface area contributed by atoms with Crippen molar-refractivity contribution in [1.29, 1.82) is 0 Å². The van der Waals surface area contributed by atoms with Gasteiger partial charge in [0.2, 0.25) is 0 Å². The van der Waals surface area contributed by atoms with E-state index in [0.29, 0.717) is 23.0 Å². The van der Waals surface area contributed by atoms with Gasteiger partial charge in [0.05, 0.1) is 13.3 Å². The van der Waals surface area contributed by atoms with Crippen molar-refractivity contribution in [3.8, 4) is 5.75 Å². The Morgan fingerprint density at radius 2 is 2.53 bits per heavy atom. The van der Waals surface area contributed by atoms with Gasteiger partial charge in [0.1, 0.15) is 16.4 Å². The number of hydrogen-bond acceptors (Lipinski definition) is 5. The maximum Gasteiger partial charge on any atom is 0.265 e. The zero-order chi connectivity index (χ0) is 12.3. The molecule has 0 spiro atoms. The van der Waals surface area contributed by atoms with Gasteiger partial charge in [-0.1, -0.05) is 0 Å². The van der Waals surface area contributed by atoms with E-state index in [9.17, 15) is 4.79 Å². The van der Waals surface area contributed by atoms with Gasteiger partial charge in [-0.25, -0.2) is 0 Å². The number of aromatic amines is 1. The number of nitrogens with two attached hydrogens (primary N) is 1. The SMILES string of the molecule is COc1ccsc1C(=O)NCc1cn[nH]c1N. The number of amides is 1. The molecule has 2 aromatic rings. The number of rotatable bonds is 4. The van der Waals surface area contributed by atoms with Gasteiger partial charge in [-0.2, -0.15) is 5.10 Å². The second-order valence-electron chi connectivity index (χ2n) is 3.31. The lowest BCUT2D eigenvalue weighted by atomic mass is 10.3. The van der Waals surface area contributed by atoms with E-state index < -0.39 is 0 Å². The van der Waals surface area contributed by atoms with E-state index >= 15 is 0 Å². The number of aromatic nitrogens is 2. The lowest BCUT2D eigenvalue weighted by Crippen LogP contribution is -2.22. The molecule has 17 heavy (non-hydrogen) atoms. The summed E-state index contributed by atoms with van der Waals surface area (Å²) in [5.41, 5.74) is 6.37. The average molecular weight is 252 g/mol. The number of thiophene rings is 1. The standard InChI is InChI=1S/C10H12N4O2S/c1-16-7-2-3-17-8(7)10(15)12-4-6-5-13-14-9(6)11/h2-3,5H,4H2,1H3,(H,12,15)(H3,11,13,14). The molecule has 4 N–H and O–H groups in total. The minimum absolute atomic E-state index is 0.183. The Hall–Kier alpha value is -2.02. The van der Waals surface area contributed by atoms with Crippen LogP contribution >= 0.6 is 11.3 Å². The zero-order valence-corrected chi connectivity index (χ0v) is 10.0. The van der Waals surface area contributed by atoms with Crippen molar-refractivity contribution in [3.05, 3.63) is 28.1 Å². The molecule has 2 aromatic heterocycles. The third-order valence-electron chi connectivity index (χ3n) is 2.25. The molecule has 0 saturated heterocycles. The Morgan fingerprint density at radius 3 is 3.18 bits per heavy atom. The molecule has 2 rings (SSSR count). The van der Waals surface area contributed by atoms with Crippen LogP contribution in [-0.2, 0) is 6.54 Å². The molecule has 7 heteroatoms. The Labute approximate surface area is 102 Å². The fourth-order valence-corrected chi connectivity index (χ4v) is 2.12. The summed E-state index contributed by atoms with van der Waals surface area (Å²) >= 11 is 1.33. The minimum Gasteiger partial charge on any atom is -0.495 e. The fourth-order valence-electron chi connectivity index (χ4n) is 1.34. The molecule has 90 valence electrons. The van der Waals surface area contributed by atoms with E-state index in [-0.39, 0.29) is 5.91 Å². The maximum atomic E-state index is 11.8. The van der Waals surface area contributed by atoms with Crippen LogP contribution in [0.1, 0.15) is 15.2 Å². The molecule has 0 fully saturated rings. The van der Waals surface area contributed by atoms with Crippen molar-refractivity contribution in [2.45, 2.75) is 6.54 Å². The first-order valence-electron chi connectivity index (χ1n) is 4.89. The van der Waals surface area contributed by atoms with Gasteiger partial charge in [0.25, 0.3) is 5.91 Å². The quantitative estimate of drug-likeness (QED) is 0.756. The van der Waals surface area contributed by atoms with Crippen molar-refractivity contribution < 1.29 is 9.53 Å². The number of nitrogens with zero attached hydrogens (tertiary/aromatic N) is 1. The molecule has 0 aromatic carbocycles. The van der Waals surface area contributed by atoms with E-state index in [4.69, 9.17) is 10.5 Å². The van der Waals surface area contributed by atoms with E-state index in [1.165, 1.54) is 18.4 Å². The van der Waals surface area contributed by atoms with Crippen LogP contribution < -0.4 is 15.8 Å². The molecule has 0 aliphatic heterocycles. The van der Waals surface area contributed by atoms with E-state index in [0.717, 1.165) is 5.56 Å². The summed E-state index contributed by atoms with van der Waals surface area (Å²) < 4.78 is 5.07. The summed E-state index contributed by atoms with van der Waals surface area (Å²) in [6, 6.07) is 1.76. The van der Waals surface area contributed by atoms with Gasteiger partial charge >= 0.3 is 0 Å². The van der Waals surface area contributed by atoms with Crippen LogP contribution in [0.4, 0.5) is 5.82 Å². The Balaban J connectivity index is 2.01. The largest absolute Gasteiger partial charge is 0.495 e. The Bertz CT molecular complexity index is 520. The highest BCUT2D eigenvalue weighted by molar-refractivity contribution is 7.12. The Morgan fingerprint density at radius 1 is 1.71 bits per heavy atom. The lowest BCUT2D eigenvalue weighted by Gasteiger charge is -2.04. The summed E-state index contributed by atoms with van der Waals surface area (Å²) in [7, 11) is 1.53. The highest BCUT2D eigenvalue weighted by Gasteiger charge is 2.13. The second kappa shape index (κ2) is 4.88. The van der Waals surface area contributed by atoms with Crippen LogP contribution in [0.25, 0.3) is 0 Å². The second-order valence-corrected chi connectivity index (χ2v) is 4.23. The first-order chi connectivity index (χ1) is 8.22. The zero-order valence-electron chi connectivity index (χ0n) is 9.19. The molecule has 0 saturated carbocycles. The molecular formula is C10H12N4O2S. The van der Waals surface area contributed by atoms with Crippen molar-refractivity contribution in [1.82, 2.24) is 15.5 Å². The van der Waals surface area contributed by atoms with Gasteiger partial charge in [0, 0.05) is 12.1 Å². The number of H-pyrrole nitrogens is 1. The third-order valence-corrected chi connectivity index (χ3v) is 3.14. The summed E-state index contributed by atoms with van der Waals surface area (Å²) in [6.07, 6.45) is 1.58. The number of ether oxygens (including phenoxy) is 1. The predicted molar refractivity (Wildman–Crippen MR) is 65.0 cm³/mol. The van der Waals surface area contributed by atoms with E-state index in [1.54, 1.807) is 17.6 Å². The van der Waals surface area contributed by atoms with Gasteiger partial charge in [-0.3, -0.25) is 9.89 Å². The molecule has 0 unspecified atom stereocenters. The van der Waals surface area contributed by atoms with Crippen molar-refractivity contribution in [2.24, 2.45) is 0 Å². The smallest absolute Gasteiger partial charge is 0.265 e. The summed E-state index contributed by atoms with van der Waals surface area (Å²) in [5.74, 6) is 0.855. The molecule has 1 amide bonds. The number of anilines is 1. The van der Waals surface area contributed by atoms with E-state index in [2.05, 4.69) is 15.5 Å². The molecule has 2 heterocycles. The number of carbonyl (C=O) groups is 1. The van der Waals surface area contributed by atoms with Gasteiger partial charge in [-0.05, 0) is 11.4 Å². The van der Waals surface area contributed by atoms with Crippen LogP contribution in [-0.4, -0.2) is 23.2 Å². The number of nitrogens with one attached hydrogen (secondary N) is 2. The number of carbonyl (C=O) groups excluding carboxylic acids is 1. The molecular weight excluding hydrogens is 240 g/mol. The topological polar surface area (TPSA) is 93.0 Å². The summed E-state index contributed by atoms with van der Waals surface area (Å²) in [4.78, 5) is 12.4. The third kappa shape index (κ3) is 2.39. The number of nitrogen functional groups attached to an aromatic ring is 1. The summed E-state index contributed by atoms with van der Waals surface area (Å²) in [5, 5.41) is 10.9. The monoisotopic (exact) mass is 252 g/mol. The fraction of sp³-hybridized carbons (Fsp3) is 0.200. The van der Waals surface area contributed by atoms with Crippen LogP contribution in [0.15, 0.2) is 17.6 Å². The van der Waals surface area contributed by atoms with Crippen LogP contribution in [0.3, 0.4) is 0 Å². The Kier molecular flexibility index (Phi) is 3.29. The van der Waals surface area contributed by atoms with Gasteiger partial charge in [-0.15, -0.1) is 11.3 Å². The highest BCUT2D eigenvalue weighted by atomic mass is 32.1. The molecule has 0 aliphatic rings. The van der Waals surface area contributed by atoms with E-state index in [1.807, 2.05) is 0 Å². The van der Waals surface area contributed by atoms with Gasteiger partial charge < -0.3 is 15.8 Å². The molecule has 0 aliphatic carbocycles. The maximum absolute atomic E-state index is 11.8. The summed E-state index contributed by atoms with van der Waals surface area (Å²) in [6.45, 7) is 0.336. The molecule has 0 atom stereocenters. The van der Waals surface area contributed by atoms with Crippen LogP contribution in [0.5, 0.6) is 5.75 Å². The average Bonchev–Trinajstić information content (AvgIpc) is 2.94. The molecule has 0 radical (unpaired) electrons. The lowest BCUT2D eigenvalue weighted by molar-refractivity contribution is 0.0952. The number of methoxy groups -OCH3 is 1. The first kappa shape index (κ1) is 11.5. The van der Waals surface area contributed by atoms with Crippen molar-refractivity contribution >= 4 is 23.1 Å². The van der Waals surface area contributed by atoms with Crippen molar-refractivity contribution in [3.63, 3.8) is 0 Å². The van der Waals surface area contributed by atoms with Crippen molar-refractivity contribution in [2.75, 3.05) is 12.8 Å². The number of hydrogen-bond donors (Lipinski definition) is 3. The van der Waals surface area contributed by atoms with Gasteiger partial charge in [0.15, 0.2) is 0 Å². The highest BCUT2D eigenvalue weighted by Crippen LogP contribution is 2.24. The van der Waals surface area contributed by atoms with Crippen LogP contribution in [0.2, 0.25) is 0 Å². The molecule has 0 bridgehead atoms. The van der Waals surface area contributed by atoms with Crippen LogP contribution in [0, 0.1) is 0 Å². The predicted octanol–water partition coefficient (Wildman–Crippen LogP) is 0.992. The first-order valence-corrected chi connectivity index (χ1v) is 5.77. The minimum atomic E-state index is -0.183.